The zero-order valence-electron chi connectivity index (χ0n) is 9.02. The third-order valence-corrected chi connectivity index (χ3v) is 4.21. The Balaban J connectivity index is 2.68. The van der Waals surface area contributed by atoms with Crippen molar-refractivity contribution < 1.29 is 9.46 Å². The van der Waals surface area contributed by atoms with Crippen LogP contribution in [0, 0.1) is 0 Å². The van der Waals surface area contributed by atoms with E-state index in [9.17, 15) is 9.46 Å². The van der Waals surface area contributed by atoms with E-state index in [0.717, 1.165) is 17.6 Å². The van der Waals surface area contributed by atoms with E-state index in [4.69, 9.17) is 0 Å². The maximum absolute atomic E-state index is 11.7. The Labute approximate surface area is 91.1 Å². The number of allylic oxidation sites excluding steroid dienone is 1. The SMILES string of the molecule is C=C(CP(=O)(O)CCC)c1ccccc1. The van der Waals surface area contributed by atoms with Gasteiger partial charge >= 0.3 is 0 Å². The standard InChI is InChI=1S/C12H17O2P/c1-3-9-15(13,14)10-11(2)12-7-5-4-6-8-12/h4-8H,2-3,9-10H2,1H3,(H,13,14). The summed E-state index contributed by atoms with van der Waals surface area (Å²) >= 11 is 0. The van der Waals surface area contributed by atoms with Crippen molar-refractivity contribution in [3.8, 4) is 0 Å². The first kappa shape index (κ1) is 12.2. The van der Waals surface area contributed by atoms with E-state index in [2.05, 4.69) is 6.58 Å². The molecule has 1 aromatic rings. The molecule has 1 N–H and O–H groups in total. The van der Waals surface area contributed by atoms with E-state index in [1.165, 1.54) is 0 Å². The highest BCUT2D eigenvalue weighted by Crippen LogP contribution is 2.44. The minimum absolute atomic E-state index is 0.199. The van der Waals surface area contributed by atoms with Crippen LogP contribution in [0.5, 0.6) is 0 Å². The minimum atomic E-state index is -3.01. The van der Waals surface area contributed by atoms with Gasteiger partial charge < -0.3 is 4.89 Å². The topological polar surface area (TPSA) is 37.3 Å². The van der Waals surface area contributed by atoms with Crippen LogP contribution in [0.3, 0.4) is 0 Å². The van der Waals surface area contributed by atoms with E-state index < -0.39 is 7.37 Å². The van der Waals surface area contributed by atoms with Crippen LogP contribution in [0.2, 0.25) is 0 Å². The Hall–Kier alpha value is -0.850. The molecule has 0 aliphatic carbocycles. The first-order chi connectivity index (χ1) is 7.05. The lowest BCUT2D eigenvalue weighted by molar-refractivity contribution is 0.481. The average Bonchev–Trinajstić information content (AvgIpc) is 2.18. The van der Waals surface area contributed by atoms with Crippen LogP contribution >= 0.6 is 7.37 Å². The summed E-state index contributed by atoms with van der Waals surface area (Å²) in [6.07, 6.45) is 1.31. The highest BCUT2D eigenvalue weighted by Gasteiger charge is 2.18. The first-order valence-corrected chi connectivity index (χ1v) is 7.12. The summed E-state index contributed by atoms with van der Waals surface area (Å²) in [5.74, 6) is 0. The van der Waals surface area contributed by atoms with Gasteiger partial charge in [0.1, 0.15) is 0 Å². The zero-order valence-corrected chi connectivity index (χ0v) is 9.91. The molecule has 1 unspecified atom stereocenters. The van der Waals surface area contributed by atoms with Crippen molar-refractivity contribution in [3.63, 3.8) is 0 Å². The van der Waals surface area contributed by atoms with Gasteiger partial charge in [-0.1, -0.05) is 43.8 Å². The van der Waals surface area contributed by atoms with Crippen molar-refractivity contribution >= 4 is 12.9 Å². The van der Waals surface area contributed by atoms with E-state index in [-0.39, 0.29) is 6.16 Å². The molecule has 0 aliphatic rings. The van der Waals surface area contributed by atoms with Gasteiger partial charge in [0.15, 0.2) is 0 Å². The molecular formula is C12H17O2P. The third kappa shape index (κ3) is 4.03. The summed E-state index contributed by atoms with van der Waals surface area (Å²) in [6.45, 7) is 5.77. The molecule has 0 saturated heterocycles. The third-order valence-electron chi connectivity index (χ3n) is 2.19. The van der Waals surface area contributed by atoms with Crippen molar-refractivity contribution in [2.24, 2.45) is 0 Å². The van der Waals surface area contributed by atoms with Gasteiger partial charge in [0.25, 0.3) is 0 Å². The van der Waals surface area contributed by atoms with Crippen molar-refractivity contribution in [1.29, 1.82) is 0 Å². The molecule has 82 valence electrons. The van der Waals surface area contributed by atoms with Gasteiger partial charge in [-0.3, -0.25) is 4.57 Å². The molecule has 0 saturated carbocycles. The van der Waals surface area contributed by atoms with Gasteiger partial charge in [0, 0.05) is 12.3 Å². The molecule has 0 aliphatic heterocycles. The molecule has 0 aromatic heterocycles. The lowest BCUT2D eigenvalue weighted by Crippen LogP contribution is -1.96. The molecule has 0 radical (unpaired) electrons. The van der Waals surface area contributed by atoms with Crippen LogP contribution in [-0.4, -0.2) is 17.2 Å². The number of benzene rings is 1. The normalized spacial score (nSPS) is 14.5. The van der Waals surface area contributed by atoms with Gasteiger partial charge in [-0.15, -0.1) is 0 Å². The van der Waals surface area contributed by atoms with Crippen molar-refractivity contribution in [3.05, 3.63) is 42.5 Å². The van der Waals surface area contributed by atoms with Gasteiger partial charge in [-0.2, -0.15) is 0 Å². The highest BCUT2D eigenvalue weighted by molar-refractivity contribution is 7.58. The maximum atomic E-state index is 11.7. The number of hydrogen-bond donors (Lipinski definition) is 1. The molecule has 1 aromatic carbocycles. The maximum Gasteiger partial charge on any atom is 0.204 e. The predicted molar refractivity (Wildman–Crippen MR) is 65.3 cm³/mol. The molecule has 0 bridgehead atoms. The van der Waals surface area contributed by atoms with Crippen LogP contribution < -0.4 is 0 Å². The molecule has 0 fully saturated rings. The van der Waals surface area contributed by atoms with Crippen molar-refractivity contribution in [2.75, 3.05) is 12.3 Å². The summed E-state index contributed by atoms with van der Waals surface area (Å²) in [5.41, 5.74) is 1.69. The molecule has 0 heterocycles. The van der Waals surface area contributed by atoms with Crippen molar-refractivity contribution in [1.82, 2.24) is 0 Å². The Morgan fingerprint density at radius 3 is 2.53 bits per heavy atom. The molecule has 0 spiro atoms. The fourth-order valence-corrected chi connectivity index (χ4v) is 3.13. The monoisotopic (exact) mass is 224 g/mol. The second-order valence-electron chi connectivity index (χ2n) is 3.70. The largest absolute Gasteiger partial charge is 0.344 e. The van der Waals surface area contributed by atoms with Crippen LogP contribution in [0.4, 0.5) is 0 Å². The van der Waals surface area contributed by atoms with E-state index in [1.807, 2.05) is 37.3 Å². The predicted octanol–water partition coefficient (Wildman–Crippen LogP) is 3.38. The van der Waals surface area contributed by atoms with Gasteiger partial charge in [-0.05, 0) is 17.6 Å². The molecule has 15 heavy (non-hydrogen) atoms. The van der Waals surface area contributed by atoms with Gasteiger partial charge in [0.2, 0.25) is 7.37 Å². The van der Waals surface area contributed by atoms with Crippen LogP contribution in [0.15, 0.2) is 36.9 Å². The summed E-state index contributed by atoms with van der Waals surface area (Å²) in [5, 5.41) is 0. The Bertz CT molecular complexity index is 370. The van der Waals surface area contributed by atoms with Crippen LogP contribution in [0.1, 0.15) is 18.9 Å². The first-order valence-electron chi connectivity index (χ1n) is 5.09. The lowest BCUT2D eigenvalue weighted by atomic mass is 10.1. The Kier molecular flexibility index (Phi) is 4.31. The fraction of sp³-hybridized carbons (Fsp3) is 0.333. The van der Waals surface area contributed by atoms with Crippen LogP contribution in [-0.2, 0) is 4.57 Å². The number of hydrogen-bond acceptors (Lipinski definition) is 1. The fourth-order valence-electron chi connectivity index (χ4n) is 1.49. The smallest absolute Gasteiger partial charge is 0.204 e. The molecule has 2 nitrogen and oxygen atoms in total. The Morgan fingerprint density at radius 1 is 1.40 bits per heavy atom. The van der Waals surface area contributed by atoms with Gasteiger partial charge in [0.05, 0.1) is 0 Å². The second-order valence-corrected chi connectivity index (χ2v) is 6.15. The highest BCUT2D eigenvalue weighted by atomic mass is 31.2. The van der Waals surface area contributed by atoms with Crippen molar-refractivity contribution in [2.45, 2.75) is 13.3 Å². The molecule has 3 heteroatoms. The molecular weight excluding hydrogens is 207 g/mol. The minimum Gasteiger partial charge on any atom is -0.344 e. The van der Waals surface area contributed by atoms with E-state index >= 15 is 0 Å². The van der Waals surface area contributed by atoms with Crippen LogP contribution in [0.25, 0.3) is 5.57 Å². The Morgan fingerprint density at radius 2 is 2.00 bits per heavy atom. The zero-order chi connectivity index (χ0) is 11.3. The average molecular weight is 224 g/mol. The van der Waals surface area contributed by atoms with E-state index in [0.29, 0.717) is 6.16 Å². The summed E-state index contributed by atoms with van der Waals surface area (Å²) in [7, 11) is -3.01. The van der Waals surface area contributed by atoms with Gasteiger partial charge in [-0.25, -0.2) is 0 Å². The second kappa shape index (κ2) is 5.29. The summed E-state index contributed by atoms with van der Waals surface area (Å²) < 4.78 is 11.7. The molecule has 0 amide bonds. The molecule has 1 rings (SSSR count). The lowest BCUT2D eigenvalue weighted by Gasteiger charge is -2.12. The number of rotatable bonds is 5. The summed E-state index contributed by atoms with van der Waals surface area (Å²) in [6, 6.07) is 9.55. The quantitative estimate of drug-likeness (QED) is 0.778. The van der Waals surface area contributed by atoms with E-state index in [1.54, 1.807) is 0 Å². The summed E-state index contributed by atoms with van der Waals surface area (Å²) in [4.78, 5) is 9.64. The molecule has 1 atom stereocenters.